The first-order chi connectivity index (χ1) is 11.2. The fraction of sp³-hybridized carbons (Fsp3) is 0.375. The van der Waals surface area contributed by atoms with E-state index in [4.69, 9.17) is 4.74 Å². The van der Waals surface area contributed by atoms with Gasteiger partial charge in [-0.15, -0.1) is 5.10 Å². The van der Waals surface area contributed by atoms with E-state index in [1.165, 1.54) is 0 Å². The molecule has 0 aliphatic rings. The van der Waals surface area contributed by atoms with E-state index >= 15 is 0 Å². The lowest BCUT2D eigenvalue weighted by Crippen LogP contribution is -2.14. The molecule has 3 rings (SSSR count). The monoisotopic (exact) mass is 313 g/mol. The lowest BCUT2D eigenvalue weighted by molar-refractivity contribution is 0.309. The third-order valence-electron chi connectivity index (χ3n) is 3.82. The Labute approximate surface area is 133 Å². The largest absolute Gasteiger partial charge is 0.494 e. The molecule has 0 saturated heterocycles. The van der Waals surface area contributed by atoms with Gasteiger partial charge < -0.3 is 9.30 Å². The van der Waals surface area contributed by atoms with Crippen LogP contribution >= 0.6 is 0 Å². The normalized spacial score (nSPS) is 11.0. The third-order valence-corrected chi connectivity index (χ3v) is 3.82. The maximum absolute atomic E-state index is 11.6. The van der Waals surface area contributed by atoms with E-state index in [0.717, 1.165) is 41.9 Å². The molecule has 0 saturated carbocycles. The number of benzene rings is 1. The molecule has 7 heteroatoms. The number of tetrazole rings is 1. The average Bonchev–Trinajstić information content (AvgIpc) is 3.02. The Morgan fingerprint density at radius 1 is 1.22 bits per heavy atom. The standard InChI is InChI=1S/C16H19N5O2/c1-3-21-15(17-18-19-21)5-4-10-23-13-7-8-14-12(11-13)6-9-16(22)20(14)2/h6-9,11H,3-5,10H2,1-2H3. The van der Waals surface area contributed by atoms with Crippen molar-refractivity contribution in [3.05, 3.63) is 46.5 Å². The zero-order valence-electron chi connectivity index (χ0n) is 13.3. The summed E-state index contributed by atoms with van der Waals surface area (Å²) in [6.07, 6.45) is 1.62. The molecule has 0 radical (unpaired) electrons. The molecule has 0 atom stereocenters. The number of nitrogens with zero attached hydrogens (tertiary/aromatic N) is 5. The van der Waals surface area contributed by atoms with Crippen LogP contribution in [0.4, 0.5) is 0 Å². The smallest absolute Gasteiger partial charge is 0.250 e. The average molecular weight is 313 g/mol. The first-order valence-corrected chi connectivity index (χ1v) is 7.66. The molecule has 0 N–H and O–H groups in total. The van der Waals surface area contributed by atoms with E-state index in [1.807, 2.05) is 31.2 Å². The van der Waals surface area contributed by atoms with Crippen LogP contribution in [0.3, 0.4) is 0 Å². The van der Waals surface area contributed by atoms with Crippen LogP contribution in [0.2, 0.25) is 0 Å². The van der Waals surface area contributed by atoms with Crippen molar-refractivity contribution in [1.29, 1.82) is 0 Å². The van der Waals surface area contributed by atoms with Gasteiger partial charge in [-0.3, -0.25) is 4.79 Å². The highest BCUT2D eigenvalue weighted by Crippen LogP contribution is 2.19. The summed E-state index contributed by atoms with van der Waals surface area (Å²) in [6.45, 7) is 3.37. The highest BCUT2D eigenvalue weighted by molar-refractivity contribution is 5.80. The van der Waals surface area contributed by atoms with Gasteiger partial charge in [0.25, 0.3) is 5.56 Å². The quantitative estimate of drug-likeness (QED) is 0.646. The number of rotatable bonds is 6. The van der Waals surface area contributed by atoms with Crippen molar-refractivity contribution >= 4 is 10.9 Å². The summed E-state index contributed by atoms with van der Waals surface area (Å²) in [5.41, 5.74) is 0.881. The molecule has 120 valence electrons. The molecular formula is C16H19N5O2. The maximum atomic E-state index is 11.6. The van der Waals surface area contributed by atoms with Crippen LogP contribution in [0, 0.1) is 0 Å². The van der Waals surface area contributed by atoms with Gasteiger partial charge >= 0.3 is 0 Å². The van der Waals surface area contributed by atoms with Gasteiger partial charge in [0.15, 0.2) is 5.82 Å². The number of ether oxygens (including phenoxy) is 1. The van der Waals surface area contributed by atoms with Crippen molar-refractivity contribution in [1.82, 2.24) is 24.8 Å². The van der Waals surface area contributed by atoms with E-state index in [9.17, 15) is 4.79 Å². The van der Waals surface area contributed by atoms with Gasteiger partial charge in [-0.25, -0.2) is 4.68 Å². The molecule has 23 heavy (non-hydrogen) atoms. The molecule has 2 heterocycles. The fourth-order valence-electron chi connectivity index (χ4n) is 2.52. The van der Waals surface area contributed by atoms with Crippen LogP contribution in [-0.2, 0) is 20.0 Å². The van der Waals surface area contributed by atoms with Crippen LogP contribution in [0.5, 0.6) is 5.75 Å². The first kappa shape index (κ1) is 15.2. The van der Waals surface area contributed by atoms with E-state index in [1.54, 1.807) is 22.4 Å². The number of aromatic nitrogens is 5. The van der Waals surface area contributed by atoms with Gasteiger partial charge in [-0.1, -0.05) is 0 Å². The first-order valence-electron chi connectivity index (χ1n) is 7.66. The summed E-state index contributed by atoms with van der Waals surface area (Å²) < 4.78 is 9.21. The minimum atomic E-state index is -0.0141. The van der Waals surface area contributed by atoms with Gasteiger partial charge in [-0.2, -0.15) is 0 Å². The summed E-state index contributed by atoms with van der Waals surface area (Å²) in [4.78, 5) is 11.6. The van der Waals surface area contributed by atoms with Crippen LogP contribution in [-0.4, -0.2) is 31.4 Å². The summed E-state index contributed by atoms with van der Waals surface area (Å²) >= 11 is 0. The SMILES string of the molecule is CCn1nnnc1CCCOc1ccc2c(ccc(=O)n2C)c1. The maximum Gasteiger partial charge on any atom is 0.250 e. The molecule has 0 unspecified atom stereocenters. The Morgan fingerprint density at radius 2 is 2.09 bits per heavy atom. The van der Waals surface area contributed by atoms with Crippen molar-refractivity contribution in [3.63, 3.8) is 0 Å². The van der Waals surface area contributed by atoms with Gasteiger partial charge in [0, 0.05) is 31.5 Å². The second-order valence-corrected chi connectivity index (χ2v) is 5.31. The molecule has 1 aromatic carbocycles. The Bertz CT molecular complexity index is 868. The van der Waals surface area contributed by atoms with Crippen molar-refractivity contribution < 1.29 is 4.74 Å². The summed E-state index contributed by atoms with van der Waals surface area (Å²) in [5, 5.41) is 12.6. The number of hydrogen-bond acceptors (Lipinski definition) is 5. The molecule has 0 aliphatic heterocycles. The second-order valence-electron chi connectivity index (χ2n) is 5.31. The number of hydrogen-bond donors (Lipinski definition) is 0. The molecule has 0 bridgehead atoms. The van der Waals surface area contributed by atoms with Crippen LogP contribution in [0.15, 0.2) is 35.1 Å². The highest BCUT2D eigenvalue weighted by atomic mass is 16.5. The van der Waals surface area contributed by atoms with Crippen molar-refractivity contribution in [2.45, 2.75) is 26.3 Å². The predicted octanol–water partition coefficient (Wildman–Crippen LogP) is 1.56. The molecule has 7 nitrogen and oxygen atoms in total. The molecule has 0 aliphatic carbocycles. The summed E-state index contributed by atoms with van der Waals surface area (Å²) in [5.74, 6) is 1.68. The summed E-state index contributed by atoms with van der Waals surface area (Å²) in [7, 11) is 1.77. The molecule has 2 aromatic heterocycles. The Kier molecular flexibility index (Phi) is 4.36. The molecule has 0 fully saturated rings. The molecule has 3 aromatic rings. The van der Waals surface area contributed by atoms with Crippen molar-refractivity contribution in [3.8, 4) is 5.75 Å². The van der Waals surface area contributed by atoms with Crippen LogP contribution < -0.4 is 10.3 Å². The number of pyridine rings is 1. The topological polar surface area (TPSA) is 74.8 Å². The van der Waals surface area contributed by atoms with E-state index in [-0.39, 0.29) is 5.56 Å². The number of aryl methyl sites for hydroxylation is 3. The van der Waals surface area contributed by atoms with Crippen molar-refractivity contribution in [2.75, 3.05) is 6.61 Å². The van der Waals surface area contributed by atoms with Crippen molar-refractivity contribution in [2.24, 2.45) is 7.05 Å². The van der Waals surface area contributed by atoms with Gasteiger partial charge in [0.1, 0.15) is 5.75 Å². The molecule has 0 spiro atoms. The van der Waals surface area contributed by atoms with Gasteiger partial charge in [-0.05, 0) is 48.0 Å². The van der Waals surface area contributed by atoms with Crippen LogP contribution in [0.1, 0.15) is 19.2 Å². The predicted molar refractivity (Wildman–Crippen MR) is 86.5 cm³/mol. The van der Waals surface area contributed by atoms with Crippen LogP contribution in [0.25, 0.3) is 10.9 Å². The Balaban J connectivity index is 1.61. The minimum Gasteiger partial charge on any atom is -0.494 e. The Morgan fingerprint density at radius 3 is 2.91 bits per heavy atom. The minimum absolute atomic E-state index is 0.0141. The second kappa shape index (κ2) is 6.60. The zero-order chi connectivity index (χ0) is 16.2. The van der Waals surface area contributed by atoms with E-state index < -0.39 is 0 Å². The highest BCUT2D eigenvalue weighted by Gasteiger charge is 2.05. The van der Waals surface area contributed by atoms with E-state index in [0.29, 0.717) is 6.61 Å². The fourth-order valence-corrected chi connectivity index (χ4v) is 2.52. The summed E-state index contributed by atoms with van der Waals surface area (Å²) in [6, 6.07) is 9.13. The van der Waals surface area contributed by atoms with E-state index in [2.05, 4.69) is 15.5 Å². The zero-order valence-corrected chi connectivity index (χ0v) is 13.3. The van der Waals surface area contributed by atoms with Gasteiger partial charge in [0.05, 0.1) is 12.1 Å². The Hall–Kier alpha value is -2.70. The molecule has 0 amide bonds. The van der Waals surface area contributed by atoms with Gasteiger partial charge in [0.2, 0.25) is 0 Å². The molecular weight excluding hydrogens is 294 g/mol. The lowest BCUT2D eigenvalue weighted by atomic mass is 10.2. The number of fused-ring (bicyclic) bond motifs is 1. The third kappa shape index (κ3) is 3.23. The lowest BCUT2D eigenvalue weighted by Gasteiger charge is -2.09.